The van der Waals surface area contributed by atoms with Crippen LogP contribution in [-0.2, 0) is 6.54 Å². The fraction of sp³-hybridized carbons (Fsp3) is 0.500. The number of imidazole rings is 1. The molecule has 1 saturated heterocycles. The predicted molar refractivity (Wildman–Crippen MR) is 146 cm³/mol. The molecule has 1 aliphatic heterocycles. The van der Waals surface area contributed by atoms with Gasteiger partial charge in [-0.3, -0.25) is 9.69 Å². The van der Waals surface area contributed by atoms with Gasteiger partial charge in [0.1, 0.15) is 19.5 Å². The molecule has 3 rings (SSSR count). The number of nitrogens with two attached hydrogens (primary N) is 1. The molecule has 0 unspecified atom stereocenters. The molecule has 1 fully saturated rings. The number of amides is 2. The Kier molecular flexibility index (Phi) is 8.11. The molecule has 1 aliphatic rings. The van der Waals surface area contributed by atoms with E-state index in [9.17, 15) is 14.7 Å². The van der Waals surface area contributed by atoms with Crippen molar-refractivity contribution in [2.75, 3.05) is 18.0 Å². The number of nitrogens with zero attached hydrogens (tertiary/aromatic N) is 4. The summed E-state index contributed by atoms with van der Waals surface area (Å²) in [5.41, 5.74) is 10.0. The molecule has 1 atom stereocenters. The van der Waals surface area contributed by atoms with Crippen LogP contribution in [0, 0.1) is 11.5 Å². The molecule has 194 valence electrons. The summed E-state index contributed by atoms with van der Waals surface area (Å²) in [5, 5.41) is 10.5. The number of benzene rings is 1. The quantitative estimate of drug-likeness (QED) is 0.433. The van der Waals surface area contributed by atoms with Crippen molar-refractivity contribution in [2.45, 2.75) is 71.4 Å². The molecule has 1 aromatic carbocycles. The van der Waals surface area contributed by atoms with E-state index in [1.165, 1.54) is 4.90 Å². The molecule has 2 aromatic rings. The molecule has 1 aromatic heterocycles. The Bertz CT molecular complexity index is 1200. The molecule has 2 amide bonds. The number of carbonyl (C=O) groups is 2. The predicted octanol–water partition coefficient (Wildman–Crippen LogP) is 4.66. The minimum Gasteiger partial charge on any atom is -0.465 e. The van der Waals surface area contributed by atoms with Crippen molar-refractivity contribution in [1.29, 1.82) is 0 Å². The van der Waals surface area contributed by atoms with E-state index in [-0.39, 0.29) is 18.3 Å². The van der Waals surface area contributed by atoms with E-state index < -0.39 is 25.6 Å². The van der Waals surface area contributed by atoms with Crippen LogP contribution in [0.3, 0.4) is 0 Å². The Labute approximate surface area is 219 Å². The third-order valence-electron chi connectivity index (χ3n) is 6.00. The summed E-state index contributed by atoms with van der Waals surface area (Å²) in [5.74, 6) is 3.06. The maximum Gasteiger partial charge on any atom is 0.408 e. The zero-order valence-electron chi connectivity index (χ0n) is 21.9. The van der Waals surface area contributed by atoms with E-state index in [0.717, 1.165) is 18.4 Å². The first kappa shape index (κ1) is 27.6. The van der Waals surface area contributed by atoms with Crippen LogP contribution in [0.4, 0.5) is 10.7 Å². The van der Waals surface area contributed by atoms with E-state index in [4.69, 9.17) is 22.3 Å². The van der Waals surface area contributed by atoms with Crippen LogP contribution >= 0.6 is 11.6 Å². The average molecular weight is 530 g/mol. The Balaban J connectivity index is 2.14. The summed E-state index contributed by atoms with van der Waals surface area (Å²) in [6.45, 7) is 13.5. The van der Waals surface area contributed by atoms with Crippen LogP contribution in [-0.4, -0.2) is 64.3 Å². The molecule has 2 heterocycles. The molecule has 10 heteroatoms. The SMILES string of the molecule is CC(C)(C)N(C(=O)O)[C@@H]1CCCN(c2nc(C#C[Si](C)(C)C)c(C(N)=O)n2Cc2ccccc2Cl)C1. The fourth-order valence-electron chi connectivity index (χ4n) is 4.55. The van der Waals surface area contributed by atoms with Gasteiger partial charge in [-0.05, 0) is 45.2 Å². The minimum absolute atomic E-state index is 0.227. The molecule has 0 spiro atoms. The standard InChI is InChI=1S/C26H36ClN5O3Si/c1-26(2,3)32(25(34)35)19-11-9-14-30(17-19)24-29-21(13-15-36(4,5)6)22(23(28)33)31(24)16-18-10-7-8-12-20(18)27/h7-8,10,12,19H,9,11,14,16-17H2,1-6H3,(H2,28,33)(H,34,35)/t19-/m1/s1. The highest BCUT2D eigenvalue weighted by atomic mass is 35.5. The summed E-state index contributed by atoms with van der Waals surface area (Å²) < 4.78 is 1.78. The van der Waals surface area contributed by atoms with E-state index in [0.29, 0.717) is 29.8 Å². The van der Waals surface area contributed by atoms with Crippen molar-refractivity contribution < 1.29 is 14.7 Å². The number of halogens is 1. The van der Waals surface area contributed by atoms with Crippen molar-refractivity contribution in [2.24, 2.45) is 5.73 Å². The van der Waals surface area contributed by atoms with Gasteiger partial charge in [0, 0.05) is 23.7 Å². The maximum absolute atomic E-state index is 12.7. The van der Waals surface area contributed by atoms with Gasteiger partial charge in [0.15, 0.2) is 0 Å². The van der Waals surface area contributed by atoms with Crippen molar-refractivity contribution in [3.63, 3.8) is 0 Å². The van der Waals surface area contributed by atoms with Gasteiger partial charge in [-0.25, -0.2) is 9.78 Å². The van der Waals surface area contributed by atoms with E-state index >= 15 is 0 Å². The van der Waals surface area contributed by atoms with Gasteiger partial charge in [-0.15, -0.1) is 5.54 Å². The summed E-state index contributed by atoms with van der Waals surface area (Å²) in [6, 6.07) is 7.21. The van der Waals surface area contributed by atoms with Crippen molar-refractivity contribution in [1.82, 2.24) is 14.5 Å². The summed E-state index contributed by atoms with van der Waals surface area (Å²) >= 11 is 6.46. The van der Waals surface area contributed by atoms with Gasteiger partial charge in [0.25, 0.3) is 5.91 Å². The van der Waals surface area contributed by atoms with Crippen molar-refractivity contribution in [3.8, 4) is 11.5 Å². The molecule has 0 radical (unpaired) electrons. The smallest absolute Gasteiger partial charge is 0.408 e. The highest BCUT2D eigenvalue weighted by Gasteiger charge is 2.37. The van der Waals surface area contributed by atoms with Gasteiger partial charge in [-0.1, -0.05) is 55.4 Å². The molecule has 3 N–H and O–H groups in total. The summed E-state index contributed by atoms with van der Waals surface area (Å²) in [7, 11) is -1.76. The second-order valence-electron chi connectivity index (χ2n) is 11.2. The highest BCUT2D eigenvalue weighted by Crippen LogP contribution is 2.30. The Morgan fingerprint density at radius 3 is 2.50 bits per heavy atom. The van der Waals surface area contributed by atoms with Crippen molar-refractivity contribution in [3.05, 3.63) is 46.2 Å². The summed E-state index contributed by atoms with van der Waals surface area (Å²) in [6.07, 6.45) is 0.579. The topological polar surface area (TPSA) is 105 Å². The van der Waals surface area contributed by atoms with Gasteiger partial charge in [-0.2, -0.15) is 0 Å². The lowest BCUT2D eigenvalue weighted by Gasteiger charge is -2.44. The number of primary amides is 1. The van der Waals surface area contributed by atoms with Gasteiger partial charge < -0.3 is 20.3 Å². The molecule has 0 aliphatic carbocycles. The third-order valence-corrected chi connectivity index (χ3v) is 7.24. The van der Waals surface area contributed by atoms with Crippen LogP contribution in [0.25, 0.3) is 0 Å². The van der Waals surface area contributed by atoms with Crippen LogP contribution < -0.4 is 10.6 Å². The largest absolute Gasteiger partial charge is 0.465 e. The number of carboxylic acid groups (broad SMARTS) is 1. The molecule has 36 heavy (non-hydrogen) atoms. The number of anilines is 1. The molecule has 0 saturated carbocycles. The van der Waals surface area contributed by atoms with Gasteiger partial charge in [0.2, 0.25) is 5.95 Å². The minimum atomic E-state index is -1.76. The number of hydrogen-bond donors (Lipinski definition) is 2. The second kappa shape index (κ2) is 10.6. The van der Waals surface area contributed by atoms with Crippen LogP contribution in [0.5, 0.6) is 0 Å². The van der Waals surface area contributed by atoms with Crippen LogP contribution in [0.2, 0.25) is 24.7 Å². The summed E-state index contributed by atoms with van der Waals surface area (Å²) in [4.78, 5) is 33.2. The third kappa shape index (κ3) is 6.42. The van der Waals surface area contributed by atoms with Crippen LogP contribution in [0.15, 0.2) is 24.3 Å². The number of carbonyl (C=O) groups excluding carboxylic acids is 1. The molecule has 0 bridgehead atoms. The van der Waals surface area contributed by atoms with Crippen LogP contribution in [0.1, 0.15) is 55.4 Å². The molecular weight excluding hydrogens is 494 g/mol. The number of aromatic nitrogens is 2. The lowest BCUT2D eigenvalue weighted by molar-refractivity contribution is 0.0646. The molecule has 8 nitrogen and oxygen atoms in total. The highest BCUT2D eigenvalue weighted by molar-refractivity contribution is 6.83. The normalized spacial score (nSPS) is 16.3. The zero-order valence-corrected chi connectivity index (χ0v) is 23.7. The van der Waals surface area contributed by atoms with E-state index in [1.54, 1.807) is 10.6 Å². The first-order chi connectivity index (χ1) is 16.7. The first-order valence-corrected chi connectivity index (χ1v) is 16.0. The zero-order chi connectivity index (χ0) is 26.8. The van der Waals surface area contributed by atoms with E-state index in [1.807, 2.05) is 43.9 Å². The Morgan fingerprint density at radius 2 is 1.94 bits per heavy atom. The monoisotopic (exact) mass is 529 g/mol. The first-order valence-electron chi connectivity index (χ1n) is 12.1. The maximum atomic E-state index is 12.7. The van der Waals surface area contributed by atoms with Crippen molar-refractivity contribution >= 4 is 37.6 Å². The second-order valence-corrected chi connectivity index (χ2v) is 16.4. The Hall–Kier alpha value is -2.96. The number of hydrogen-bond acceptors (Lipinski definition) is 4. The van der Waals surface area contributed by atoms with E-state index in [2.05, 4.69) is 31.1 Å². The van der Waals surface area contributed by atoms with Gasteiger partial charge in [0.05, 0.1) is 12.6 Å². The van der Waals surface area contributed by atoms with Gasteiger partial charge >= 0.3 is 6.09 Å². The number of piperidine rings is 1. The number of rotatable bonds is 5. The average Bonchev–Trinajstić information content (AvgIpc) is 3.11. The molecular formula is C26H36ClN5O3Si. The Morgan fingerprint density at radius 1 is 1.28 bits per heavy atom. The lowest BCUT2D eigenvalue weighted by Crippen LogP contribution is -2.57. The lowest BCUT2D eigenvalue weighted by atomic mass is 9.98. The fourth-order valence-corrected chi connectivity index (χ4v) is 5.24.